The summed E-state index contributed by atoms with van der Waals surface area (Å²) >= 11 is 0. The Morgan fingerprint density at radius 1 is 0.609 bits per heavy atom. The van der Waals surface area contributed by atoms with Crippen molar-refractivity contribution in [3.8, 4) is 39.6 Å². The van der Waals surface area contributed by atoms with Crippen LogP contribution in [0.25, 0.3) is 94.1 Å². The molecule has 0 unspecified atom stereocenters. The molecule has 3 heterocycles. The summed E-state index contributed by atoms with van der Waals surface area (Å²) in [6.45, 7) is 22.9. The molecule has 0 saturated heterocycles. The first-order valence-corrected chi connectivity index (χ1v) is 27.4. The number of nitrogens with zero attached hydrogens (tertiary/aromatic N) is 4. The molecular weight excluding hydrogens is 1040 g/mol. The number of hydrogen-bond acceptors (Lipinski definition) is 4. The molecule has 0 saturated carbocycles. The third-order valence-corrected chi connectivity index (χ3v) is 15.2. The smallest absolute Gasteiger partial charge is 0.121 e. The molecule has 347 valence electrons. The summed E-state index contributed by atoms with van der Waals surface area (Å²) in [5.41, 5.74) is 12.9. The van der Waals surface area contributed by atoms with Crippen molar-refractivity contribution in [3.05, 3.63) is 187 Å². The summed E-state index contributed by atoms with van der Waals surface area (Å²) in [7, 11) is -1.68. The molecule has 0 aliphatic rings. The molecule has 0 aliphatic carbocycles. The van der Waals surface area contributed by atoms with Crippen LogP contribution in [0.1, 0.15) is 77.1 Å². The van der Waals surface area contributed by atoms with Gasteiger partial charge in [0.2, 0.25) is 0 Å². The van der Waals surface area contributed by atoms with Crippen LogP contribution in [0.5, 0.6) is 0 Å². The fourth-order valence-electron chi connectivity index (χ4n) is 9.60. The van der Waals surface area contributed by atoms with E-state index in [1.165, 1.54) is 54.7 Å². The Morgan fingerprint density at radius 3 is 2.00 bits per heavy atom. The van der Waals surface area contributed by atoms with Crippen molar-refractivity contribution in [2.75, 3.05) is 0 Å². The third-order valence-electron chi connectivity index (χ3n) is 13.1. The van der Waals surface area contributed by atoms with E-state index in [0.717, 1.165) is 61.4 Å². The van der Waals surface area contributed by atoms with Crippen molar-refractivity contribution in [3.63, 3.8) is 0 Å². The molecule has 0 atom stereocenters. The first kappa shape index (κ1) is 47.6. The predicted octanol–water partition coefficient (Wildman–Crippen LogP) is 16.4. The molecule has 11 rings (SSSR count). The molecule has 0 bridgehead atoms. The topological polar surface area (TPSA) is 56.7 Å². The zero-order valence-corrected chi connectivity index (χ0v) is 44.6. The Hall–Kier alpha value is -6.50. The van der Waals surface area contributed by atoms with Gasteiger partial charge in [-0.2, -0.15) is 0 Å². The summed E-state index contributed by atoms with van der Waals surface area (Å²) in [5.74, 6) is 2.14. The Morgan fingerprint density at radius 2 is 1.30 bits per heavy atom. The summed E-state index contributed by atoms with van der Waals surface area (Å²) in [4.78, 5) is 14.2. The maximum absolute atomic E-state index is 6.97. The van der Waals surface area contributed by atoms with Crippen LogP contribution in [0.3, 0.4) is 0 Å². The van der Waals surface area contributed by atoms with Crippen molar-refractivity contribution in [1.29, 1.82) is 0 Å². The zero-order chi connectivity index (χ0) is 47.5. The van der Waals surface area contributed by atoms with E-state index < -0.39 is 8.07 Å². The van der Waals surface area contributed by atoms with Gasteiger partial charge in [0.1, 0.15) is 5.58 Å². The van der Waals surface area contributed by atoms with Crippen LogP contribution in [0, 0.1) is 12.1 Å². The number of hydrogen-bond donors (Lipinski definition) is 0. The van der Waals surface area contributed by atoms with E-state index in [1.807, 2.05) is 42.6 Å². The second-order valence-corrected chi connectivity index (χ2v) is 25.8. The summed E-state index contributed by atoms with van der Waals surface area (Å²) in [6, 6.07) is 60.6. The Bertz CT molecular complexity index is 3620. The number of benzene rings is 8. The molecule has 0 aliphatic heterocycles. The van der Waals surface area contributed by atoms with E-state index in [2.05, 4.69) is 210 Å². The van der Waals surface area contributed by atoms with Crippen molar-refractivity contribution >= 4 is 67.8 Å². The van der Waals surface area contributed by atoms with Crippen LogP contribution in [-0.2, 0) is 25.5 Å². The van der Waals surface area contributed by atoms with Gasteiger partial charge in [-0.3, -0.25) is 15.0 Å². The molecule has 0 N–H and O–H groups in total. The van der Waals surface area contributed by atoms with E-state index >= 15 is 0 Å². The van der Waals surface area contributed by atoms with Crippen molar-refractivity contribution in [2.24, 2.45) is 0 Å². The van der Waals surface area contributed by atoms with Gasteiger partial charge in [-0.25, -0.2) is 0 Å². The number of fused-ring (bicyclic) bond motifs is 7. The first-order chi connectivity index (χ1) is 32.7. The zero-order valence-electron chi connectivity index (χ0n) is 41.2. The van der Waals surface area contributed by atoms with Gasteiger partial charge in [-0.15, -0.1) is 54.1 Å². The summed E-state index contributed by atoms with van der Waals surface area (Å²) in [6.07, 6.45) is 1.81. The third kappa shape index (κ3) is 9.00. The minimum Gasteiger partial charge on any atom is -0.501 e. The molecule has 5 nitrogen and oxygen atoms in total. The minimum absolute atomic E-state index is 0. The summed E-state index contributed by atoms with van der Waals surface area (Å²) < 4.78 is 9.36. The second kappa shape index (κ2) is 18.8. The second-order valence-electron chi connectivity index (χ2n) is 20.7. The van der Waals surface area contributed by atoms with Crippen molar-refractivity contribution in [1.82, 2.24) is 19.5 Å². The van der Waals surface area contributed by atoms with Crippen molar-refractivity contribution in [2.45, 2.75) is 85.4 Å². The van der Waals surface area contributed by atoms with Crippen LogP contribution >= 0.6 is 0 Å². The molecule has 11 aromatic rings. The fourth-order valence-corrected chi connectivity index (χ4v) is 11.2. The number of rotatable bonds is 7. The average molecular weight is 1100 g/mol. The molecule has 7 heteroatoms. The number of aromatic nitrogens is 4. The minimum atomic E-state index is -1.68. The SMILES string of the molecule is CC(C)(C)c1ccnc(-c2[c-]cccc2)n1.CC(C)c1cc(-c2ccccc2)cc(C(C)C)c1-n1c(-c2[c-]ccc3c2oc2cc4c(cc23)c([Si](C)(C)C)cc2ccccc24)nc2ccccc21.[Ir]. The largest absolute Gasteiger partial charge is 0.501 e. The van der Waals surface area contributed by atoms with Crippen LogP contribution < -0.4 is 5.19 Å². The molecule has 0 amide bonds. The van der Waals surface area contributed by atoms with E-state index in [-0.39, 0.29) is 37.4 Å². The molecular formula is C62H58IrN4OSi-2. The van der Waals surface area contributed by atoms with E-state index in [9.17, 15) is 0 Å². The molecule has 3 aromatic heterocycles. The Balaban J connectivity index is 0.000000296. The maximum Gasteiger partial charge on any atom is 0.121 e. The number of imidazole rings is 1. The Kier molecular flexibility index (Phi) is 12.9. The van der Waals surface area contributed by atoms with Gasteiger partial charge in [-0.1, -0.05) is 157 Å². The van der Waals surface area contributed by atoms with E-state index in [4.69, 9.17) is 9.40 Å². The quantitative estimate of drug-likeness (QED) is 0.0907. The average Bonchev–Trinajstić information content (AvgIpc) is 3.91. The maximum atomic E-state index is 6.97. The van der Waals surface area contributed by atoms with Gasteiger partial charge in [-0.05, 0) is 98.1 Å². The predicted molar refractivity (Wildman–Crippen MR) is 289 cm³/mol. The Labute approximate surface area is 421 Å². The summed E-state index contributed by atoms with van der Waals surface area (Å²) in [5, 5.41) is 8.82. The molecule has 0 fully saturated rings. The first-order valence-electron chi connectivity index (χ1n) is 23.9. The van der Waals surface area contributed by atoms with E-state index in [0.29, 0.717) is 0 Å². The normalized spacial score (nSPS) is 12.1. The van der Waals surface area contributed by atoms with Crippen LogP contribution in [0.4, 0.5) is 0 Å². The van der Waals surface area contributed by atoms with Crippen LogP contribution in [0.2, 0.25) is 19.6 Å². The van der Waals surface area contributed by atoms with Crippen LogP contribution in [-0.4, -0.2) is 27.6 Å². The number of para-hydroxylation sites is 2. The van der Waals surface area contributed by atoms with E-state index in [1.54, 1.807) is 0 Å². The molecule has 69 heavy (non-hydrogen) atoms. The van der Waals surface area contributed by atoms with Crippen molar-refractivity contribution < 1.29 is 24.5 Å². The van der Waals surface area contributed by atoms with Gasteiger partial charge in [0, 0.05) is 48.5 Å². The molecule has 1 radical (unpaired) electrons. The monoisotopic (exact) mass is 1100 g/mol. The van der Waals surface area contributed by atoms with Gasteiger partial charge in [0.25, 0.3) is 0 Å². The van der Waals surface area contributed by atoms with Gasteiger partial charge >= 0.3 is 0 Å². The number of furan rings is 1. The molecule has 0 spiro atoms. The van der Waals surface area contributed by atoms with Gasteiger partial charge in [0.05, 0.1) is 36.3 Å². The van der Waals surface area contributed by atoms with Gasteiger partial charge < -0.3 is 8.98 Å². The van der Waals surface area contributed by atoms with Crippen LogP contribution in [0.15, 0.2) is 162 Å². The molecule has 8 aromatic carbocycles. The van der Waals surface area contributed by atoms with Gasteiger partial charge in [0.15, 0.2) is 0 Å². The standard InChI is InChI=1S/C48H43N2OSi.C14H15N2.Ir/c1-29(2)37-24-33(31-16-9-8-10-17-31)25-38(30(3)4)46(37)50-43-23-14-13-22-42(43)49-48(50)36-21-15-20-35-40-27-41-39(28-44(40)51-47(35)36)34-19-12-11-18-32(34)26-45(41)52(5,6)7;1-14(2,3)12-9-10-15-13(16-12)11-7-5-4-6-8-11;/h8-20,22-30H,1-7H3;4-7,9-10H,1-3H3;/q2*-1;. The fraction of sp³-hybridized carbons (Fsp3) is 0.210.